The third-order valence-electron chi connectivity index (χ3n) is 3.28. The van der Waals surface area contributed by atoms with Gasteiger partial charge in [0.15, 0.2) is 11.6 Å². The quantitative estimate of drug-likeness (QED) is 0.848. The molecule has 1 heterocycles. The Morgan fingerprint density at radius 1 is 1.35 bits per heavy atom. The maximum atomic E-state index is 13.2. The number of hydrogen-bond donors (Lipinski definition) is 2. The minimum Gasteiger partial charge on any atom is -0.317 e. The van der Waals surface area contributed by atoms with Crippen molar-refractivity contribution in [2.75, 3.05) is 11.9 Å². The highest BCUT2D eigenvalue weighted by Gasteiger charge is 2.11. The smallest absolute Gasteiger partial charge is 0.226 e. The molecular weight excluding hydrogens is 320 g/mol. The fraction of sp³-hybridized carbons (Fsp3) is 0.250. The van der Waals surface area contributed by atoms with Gasteiger partial charge in [-0.25, -0.2) is 8.78 Å². The molecule has 1 amide bonds. The van der Waals surface area contributed by atoms with E-state index in [-0.39, 0.29) is 18.4 Å². The van der Waals surface area contributed by atoms with E-state index < -0.39 is 11.6 Å². The predicted octanol–water partition coefficient (Wildman–Crippen LogP) is 3.58. The van der Waals surface area contributed by atoms with Gasteiger partial charge in [-0.1, -0.05) is 6.07 Å². The van der Waals surface area contributed by atoms with Crippen LogP contribution in [0.15, 0.2) is 29.6 Å². The second-order valence-electron chi connectivity index (χ2n) is 4.92. The summed E-state index contributed by atoms with van der Waals surface area (Å²) in [5.74, 6) is -1.99. The summed E-state index contributed by atoms with van der Waals surface area (Å²) >= 11 is 1.29. The van der Waals surface area contributed by atoms with Crippen molar-refractivity contribution in [3.05, 3.63) is 52.4 Å². The molecule has 2 N–H and O–H groups in total. The minimum atomic E-state index is -0.893. The van der Waals surface area contributed by atoms with E-state index in [1.807, 2.05) is 6.07 Å². The van der Waals surface area contributed by atoms with Gasteiger partial charge in [0.1, 0.15) is 11.1 Å². The zero-order valence-corrected chi connectivity index (χ0v) is 13.2. The Morgan fingerprint density at radius 2 is 2.13 bits per heavy atom. The van der Waals surface area contributed by atoms with Crippen molar-refractivity contribution in [3.8, 4) is 6.07 Å². The molecule has 0 bridgehead atoms. The van der Waals surface area contributed by atoms with E-state index in [0.717, 1.165) is 12.1 Å². The molecule has 0 aliphatic heterocycles. The van der Waals surface area contributed by atoms with Crippen LogP contribution in [0.4, 0.5) is 13.8 Å². The predicted molar refractivity (Wildman–Crippen MR) is 85.1 cm³/mol. The highest BCUT2D eigenvalue weighted by atomic mass is 32.1. The standard InChI is InChI=1S/C16H15F2N3OS/c1-10(11-2-3-13(17)14(18)8-11)20-6-4-15(22)21-16-12(9-19)5-7-23-16/h2-3,5,7-8,10,20H,4,6H2,1H3,(H,21,22)/t10-/m0/s1. The molecule has 1 aromatic carbocycles. The van der Waals surface area contributed by atoms with Crippen LogP contribution in [0.3, 0.4) is 0 Å². The molecule has 2 rings (SSSR count). The highest BCUT2D eigenvalue weighted by Crippen LogP contribution is 2.22. The van der Waals surface area contributed by atoms with Gasteiger partial charge in [0.25, 0.3) is 0 Å². The van der Waals surface area contributed by atoms with Crippen molar-refractivity contribution in [1.82, 2.24) is 5.32 Å². The monoisotopic (exact) mass is 335 g/mol. The maximum absolute atomic E-state index is 13.2. The molecule has 120 valence electrons. The zero-order chi connectivity index (χ0) is 16.8. The third kappa shape index (κ3) is 4.58. The van der Waals surface area contributed by atoms with Crippen molar-refractivity contribution in [2.24, 2.45) is 0 Å². The molecule has 0 saturated heterocycles. The van der Waals surface area contributed by atoms with Crippen molar-refractivity contribution < 1.29 is 13.6 Å². The van der Waals surface area contributed by atoms with Crippen molar-refractivity contribution >= 4 is 22.2 Å². The fourth-order valence-corrected chi connectivity index (χ4v) is 2.74. The lowest BCUT2D eigenvalue weighted by atomic mass is 10.1. The van der Waals surface area contributed by atoms with Gasteiger partial charge in [0.2, 0.25) is 5.91 Å². The molecule has 1 aromatic heterocycles. The first-order valence-electron chi connectivity index (χ1n) is 6.97. The number of nitriles is 1. The Morgan fingerprint density at radius 3 is 2.83 bits per heavy atom. The largest absolute Gasteiger partial charge is 0.317 e. The number of halogens is 2. The summed E-state index contributed by atoms with van der Waals surface area (Å²) < 4.78 is 26.1. The summed E-state index contributed by atoms with van der Waals surface area (Å²) in [5, 5.41) is 16.9. The zero-order valence-electron chi connectivity index (χ0n) is 12.4. The second-order valence-corrected chi connectivity index (χ2v) is 5.84. The van der Waals surface area contributed by atoms with Gasteiger partial charge < -0.3 is 10.6 Å². The number of amides is 1. The Balaban J connectivity index is 1.81. The highest BCUT2D eigenvalue weighted by molar-refractivity contribution is 7.14. The van der Waals surface area contributed by atoms with Crippen molar-refractivity contribution in [1.29, 1.82) is 5.26 Å². The topological polar surface area (TPSA) is 64.9 Å². The summed E-state index contributed by atoms with van der Waals surface area (Å²) in [4.78, 5) is 11.8. The average Bonchev–Trinajstić information content (AvgIpc) is 2.97. The molecule has 0 fully saturated rings. The summed E-state index contributed by atoms with van der Waals surface area (Å²) in [6.45, 7) is 2.18. The number of rotatable bonds is 6. The van der Waals surface area contributed by atoms with E-state index in [9.17, 15) is 13.6 Å². The van der Waals surface area contributed by atoms with Crippen LogP contribution in [-0.2, 0) is 4.79 Å². The SMILES string of the molecule is C[C@H](NCCC(=O)Nc1sccc1C#N)c1ccc(F)c(F)c1. The molecule has 0 aliphatic carbocycles. The van der Waals surface area contributed by atoms with Gasteiger partial charge in [-0.2, -0.15) is 5.26 Å². The second kappa shape index (κ2) is 7.81. The van der Waals surface area contributed by atoms with Crippen LogP contribution < -0.4 is 10.6 Å². The van der Waals surface area contributed by atoms with Crippen molar-refractivity contribution in [3.63, 3.8) is 0 Å². The maximum Gasteiger partial charge on any atom is 0.226 e. The normalized spacial score (nSPS) is 11.7. The van der Waals surface area contributed by atoms with E-state index in [4.69, 9.17) is 5.26 Å². The first kappa shape index (κ1) is 17.1. The van der Waals surface area contributed by atoms with Gasteiger partial charge in [-0.3, -0.25) is 4.79 Å². The summed E-state index contributed by atoms with van der Waals surface area (Å²) in [6.07, 6.45) is 0.205. The molecule has 7 heteroatoms. The summed E-state index contributed by atoms with van der Waals surface area (Å²) in [5.41, 5.74) is 1.04. The van der Waals surface area contributed by atoms with Gasteiger partial charge in [0, 0.05) is 19.0 Å². The molecule has 4 nitrogen and oxygen atoms in total. The van der Waals surface area contributed by atoms with E-state index in [1.54, 1.807) is 18.4 Å². The van der Waals surface area contributed by atoms with Gasteiger partial charge in [-0.05, 0) is 36.1 Å². The summed E-state index contributed by atoms with van der Waals surface area (Å²) in [6, 6.07) is 7.15. The lowest BCUT2D eigenvalue weighted by Crippen LogP contribution is -2.24. The Hall–Kier alpha value is -2.30. The van der Waals surface area contributed by atoms with Crippen LogP contribution in [0.1, 0.15) is 30.5 Å². The number of nitrogens with one attached hydrogen (secondary N) is 2. The molecule has 0 unspecified atom stereocenters. The number of hydrogen-bond acceptors (Lipinski definition) is 4. The summed E-state index contributed by atoms with van der Waals surface area (Å²) in [7, 11) is 0. The van der Waals surface area contributed by atoms with Gasteiger partial charge in [-0.15, -0.1) is 11.3 Å². The fourth-order valence-electron chi connectivity index (χ4n) is 1.99. The van der Waals surface area contributed by atoms with Crippen LogP contribution in [0, 0.1) is 23.0 Å². The number of benzene rings is 1. The number of thiophene rings is 1. The number of anilines is 1. The first-order chi connectivity index (χ1) is 11.0. The molecule has 0 aliphatic rings. The lowest BCUT2D eigenvalue weighted by molar-refractivity contribution is -0.116. The molecule has 2 aromatic rings. The lowest BCUT2D eigenvalue weighted by Gasteiger charge is -2.14. The molecule has 0 saturated carbocycles. The number of carbonyl (C=O) groups is 1. The number of nitrogens with zero attached hydrogens (tertiary/aromatic N) is 1. The molecule has 0 radical (unpaired) electrons. The van der Waals surface area contributed by atoms with Crippen LogP contribution in [-0.4, -0.2) is 12.5 Å². The third-order valence-corrected chi connectivity index (χ3v) is 4.11. The van der Waals surface area contributed by atoms with Crippen LogP contribution in [0.25, 0.3) is 0 Å². The van der Waals surface area contributed by atoms with Crippen LogP contribution in [0.2, 0.25) is 0 Å². The minimum absolute atomic E-state index is 0.205. The van der Waals surface area contributed by atoms with E-state index in [1.165, 1.54) is 17.4 Å². The molecule has 23 heavy (non-hydrogen) atoms. The molecule has 1 atom stereocenters. The Bertz CT molecular complexity index is 739. The molecule has 0 spiro atoms. The van der Waals surface area contributed by atoms with Crippen LogP contribution in [0.5, 0.6) is 0 Å². The van der Waals surface area contributed by atoms with E-state index in [0.29, 0.717) is 22.7 Å². The molecular formula is C16H15F2N3OS. The Kier molecular flexibility index (Phi) is 5.79. The van der Waals surface area contributed by atoms with E-state index in [2.05, 4.69) is 10.6 Å². The average molecular weight is 335 g/mol. The Labute approximate surface area is 136 Å². The van der Waals surface area contributed by atoms with Gasteiger partial charge >= 0.3 is 0 Å². The van der Waals surface area contributed by atoms with Crippen molar-refractivity contribution in [2.45, 2.75) is 19.4 Å². The first-order valence-corrected chi connectivity index (χ1v) is 7.85. The van der Waals surface area contributed by atoms with E-state index >= 15 is 0 Å². The van der Waals surface area contributed by atoms with Gasteiger partial charge in [0.05, 0.1) is 5.56 Å². The van der Waals surface area contributed by atoms with Crippen LogP contribution >= 0.6 is 11.3 Å². The number of carbonyl (C=O) groups excluding carboxylic acids is 1.